The Morgan fingerprint density at radius 3 is 2.12 bits per heavy atom. The Morgan fingerprint density at radius 2 is 1.65 bits per heavy atom. The molecular formula is C13H17ClO3. The minimum Gasteiger partial charge on any atom is -0.469 e. The fourth-order valence-electron chi connectivity index (χ4n) is 4.95. The summed E-state index contributed by atoms with van der Waals surface area (Å²) in [7, 11) is 1.44. The van der Waals surface area contributed by atoms with Gasteiger partial charge < -0.3 is 4.74 Å². The van der Waals surface area contributed by atoms with Crippen LogP contribution in [0.25, 0.3) is 0 Å². The molecule has 0 radical (unpaired) electrons. The Kier molecular flexibility index (Phi) is 2.35. The van der Waals surface area contributed by atoms with E-state index in [1.54, 1.807) is 0 Å². The van der Waals surface area contributed by atoms with Crippen molar-refractivity contribution in [3.63, 3.8) is 0 Å². The number of methoxy groups -OCH3 is 1. The van der Waals surface area contributed by atoms with Crippen LogP contribution in [0.3, 0.4) is 0 Å². The van der Waals surface area contributed by atoms with Crippen molar-refractivity contribution in [1.29, 1.82) is 0 Å². The molecule has 0 aromatic heterocycles. The van der Waals surface area contributed by atoms with E-state index >= 15 is 0 Å². The maximum atomic E-state index is 12.1. The molecule has 4 bridgehead atoms. The van der Waals surface area contributed by atoms with Gasteiger partial charge in [-0.3, -0.25) is 9.59 Å². The van der Waals surface area contributed by atoms with Gasteiger partial charge in [-0.25, -0.2) is 0 Å². The molecule has 4 aliphatic rings. The molecule has 0 saturated heterocycles. The predicted molar refractivity (Wildman–Crippen MR) is 62.4 cm³/mol. The monoisotopic (exact) mass is 256 g/mol. The molecule has 3 nitrogen and oxygen atoms in total. The van der Waals surface area contributed by atoms with E-state index in [-0.39, 0.29) is 11.2 Å². The van der Waals surface area contributed by atoms with E-state index in [4.69, 9.17) is 16.3 Å². The van der Waals surface area contributed by atoms with Crippen LogP contribution in [-0.2, 0) is 14.3 Å². The van der Waals surface area contributed by atoms with Crippen LogP contribution in [0, 0.1) is 22.7 Å². The summed E-state index contributed by atoms with van der Waals surface area (Å²) in [6.07, 6.45) is 5.31. The van der Waals surface area contributed by atoms with Crippen LogP contribution in [-0.4, -0.2) is 18.3 Å². The highest BCUT2D eigenvalue weighted by Gasteiger charge is 2.63. The van der Waals surface area contributed by atoms with Crippen LogP contribution in [0.2, 0.25) is 0 Å². The molecule has 2 unspecified atom stereocenters. The highest BCUT2D eigenvalue weighted by Crippen LogP contribution is 2.66. The van der Waals surface area contributed by atoms with Gasteiger partial charge in [0.1, 0.15) is 0 Å². The lowest BCUT2D eigenvalue weighted by atomic mass is 9.44. The molecule has 4 rings (SSSR count). The van der Waals surface area contributed by atoms with E-state index in [0.717, 1.165) is 32.1 Å². The number of hydrogen-bond acceptors (Lipinski definition) is 3. The minimum absolute atomic E-state index is 0.131. The van der Waals surface area contributed by atoms with Crippen LogP contribution < -0.4 is 0 Å². The first-order valence-corrected chi connectivity index (χ1v) is 6.66. The molecule has 0 N–H and O–H groups in total. The Labute approximate surface area is 106 Å². The zero-order valence-corrected chi connectivity index (χ0v) is 10.8. The van der Waals surface area contributed by atoms with Crippen LogP contribution >= 0.6 is 11.6 Å². The van der Waals surface area contributed by atoms with E-state index in [9.17, 15) is 9.59 Å². The molecule has 0 heterocycles. The van der Waals surface area contributed by atoms with Gasteiger partial charge in [-0.15, -0.1) is 0 Å². The molecule has 0 aromatic rings. The lowest BCUT2D eigenvalue weighted by Gasteiger charge is -2.59. The number of rotatable bonds is 2. The quantitative estimate of drug-likeness (QED) is 0.563. The molecule has 0 amide bonds. The highest BCUT2D eigenvalue weighted by atomic mass is 35.5. The second-order valence-electron chi connectivity index (χ2n) is 6.29. The summed E-state index contributed by atoms with van der Waals surface area (Å²) in [4.78, 5) is 23.8. The summed E-state index contributed by atoms with van der Waals surface area (Å²) in [5, 5.41) is -0.236. The standard InChI is InChI=1S/C13H17ClO3/c1-17-11(16)13-5-8-2-9(6-13)4-12(3-8,7-13)10(14)15/h8-9H,2-7H2,1H3. The average Bonchev–Trinajstić information content (AvgIpc) is 2.26. The summed E-state index contributed by atoms with van der Waals surface area (Å²) >= 11 is 5.82. The molecule has 0 spiro atoms. The molecule has 0 aliphatic heterocycles. The van der Waals surface area contributed by atoms with Crippen molar-refractivity contribution in [2.75, 3.05) is 7.11 Å². The minimum atomic E-state index is -0.431. The van der Waals surface area contributed by atoms with Gasteiger partial charge in [0.25, 0.3) is 0 Å². The van der Waals surface area contributed by atoms with Crippen LogP contribution in [0.5, 0.6) is 0 Å². The fourth-order valence-corrected chi connectivity index (χ4v) is 5.17. The van der Waals surface area contributed by atoms with Crippen molar-refractivity contribution in [3.8, 4) is 0 Å². The average molecular weight is 257 g/mol. The van der Waals surface area contributed by atoms with Crippen molar-refractivity contribution < 1.29 is 14.3 Å². The highest BCUT2D eigenvalue weighted by molar-refractivity contribution is 6.64. The normalized spacial score (nSPS) is 46.9. The van der Waals surface area contributed by atoms with Crippen molar-refractivity contribution in [2.45, 2.75) is 38.5 Å². The van der Waals surface area contributed by atoms with Crippen molar-refractivity contribution in [3.05, 3.63) is 0 Å². The number of esters is 1. The smallest absolute Gasteiger partial charge is 0.311 e. The van der Waals surface area contributed by atoms with E-state index < -0.39 is 10.8 Å². The van der Waals surface area contributed by atoms with Gasteiger partial charge in [-0.1, -0.05) is 0 Å². The Morgan fingerprint density at radius 1 is 1.12 bits per heavy atom. The first kappa shape index (κ1) is 11.5. The van der Waals surface area contributed by atoms with Gasteiger partial charge in [-0.05, 0) is 62.0 Å². The van der Waals surface area contributed by atoms with Crippen LogP contribution in [0.4, 0.5) is 0 Å². The maximum Gasteiger partial charge on any atom is 0.311 e. The first-order valence-electron chi connectivity index (χ1n) is 6.28. The molecule has 0 aromatic carbocycles. The fraction of sp³-hybridized carbons (Fsp3) is 0.846. The number of carbonyl (C=O) groups is 2. The zero-order chi connectivity index (χ0) is 12.3. The number of ether oxygens (including phenoxy) is 1. The van der Waals surface area contributed by atoms with Gasteiger partial charge >= 0.3 is 5.97 Å². The summed E-state index contributed by atoms with van der Waals surface area (Å²) in [5.74, 6) is 0.838. The topological polar surface area (TPSA) is 43.4 Å². The van der Waals surface area contributed by atoms with E-state index in [0.29, 0.717) is 18.3 Å². The Hall–Kier alpha value is -0.570. The summed E-state index contributed by atoms with van der Waals surface area (Å²) in [6.45, 7) is 0. The molecule has 4 aliphatic carbocycles. The lowest BCUT2D eigenvalue weighted by molar-refractivity contribution is -0.178. The SMILES string of the molecule is COC(=O)C12CC3CC(CC(C(=O)Cl)(C3)C1)C2. The molecule has 4 saturated carbocycles. The number of carbonyl (C=O) groups excluding carboxylic acids is 2. The molecular weight excluding hydrogens is 240 g/mol. The number of hydrogen-bond donors (Lipinski definition) is 0. The largest absolute Gasteiger partial charge is 0.469 e. The van der Waals surface area contributed by atoms with E-state index in [1.165, 1.54) is 7.11 Å². The number of halogens is 1. The van der Waals surface area contributed by atoms with E-state index in [2.05, 4.69) is 0 Å². The molecule has 4 fully saturated rings. The first-order chi connectivity index (χ1) is 8.00. The third-order valence-corrected chi connectivity index (χ3v) is 5.50. The third-order valence-electron chi connectivity index (χ3n) is 5.10. The third kappa shape index (κ3) is 1.48. The van der Waals surface area contributed by atoms with Crippen LogP contribution in [0.15, 0.2) is 0 Å². The van der Waals surface area contributed by atoms with Gasteiger partial charge in [0.05, 0.1) is 12.5 Å². The van der Waals surface area contributed by atoms with Gasteiger partial charge in [0.2, 0.25) is 5.24 Å². The summed E-state index contributed by atoms with van der Waals surface area (Å²) in [5.41, 5.74) is -0.844. The maximum absolute atomic E-state index is 12.1. The second kappa shape index (κ2) is 3.47. The summed E-state index contributed by atoms with van der Waals surface area (Å²) < 4.78 is 4.97. The molecule has 2 atom stereocenters. The van der Waals surface area contributed by atoms with Gasteiger partial charge in [0.15, 0.2) is 0 Å². The van der Waals surface area contributed by atoms with Gasteiger partial charge in [0, 0.05) is 5.41 Å². The predicted octanol–water partition coefficient (Wildman–Crippen LogP) is 2.51. The van der Waals surface area contributed by atoms with Crippen molar-refractivity contribution in [1.82, 2.24) is 0 Å². The Balaban J connectivity index is 2.00. The summed E-state index contributed by atoms with van der Waals surface area (Å²) in [6, 6.07) is 0. The zero-order valence-electron chi connectivity index (χ0n) is 10.0. The van der Waals surface area contributed by atoms with E-state index in [1.807, 2.05) is 0 Å². The molecule has 17 heavy (non-hydrogen) atoms. The van der Waals surface area contributed by atoms with Crippen molar-refractivity contribution >= 4 is 22.8 Å². The van der Waals surface area contributed by atoms with Crippen molar-refractivity contribution in [2.24, 2.45) is 22.7 Å². The molecule has 94 valence electrons. The second-order valence-corrected chi connectivity index (χ2v) is 6.63. The molecule has 4 heteroatoms. The van der Waals surface area contributed by atoms with Gasteiger partial charge in [-0.2, -0.15) is 0 Å². The van der Waals surface area contributed by atoms with Crippen LogP contribution in [0.1, 0.15) is 38.5 Å². The Bertz CT molecular complexity index is 376. The lowest BCUT2D eigenvalue weighted by Crippen LogP contribution is -2.57.